The molecule has 0 saturated carbocycles. The second-order valence-corrected chi connectivity index (χ2v) is 10.6. The van der Waals surface area contributed by atoms with Crippen molar-refractivity contribution in [1.29, 1.82) is 0 Å². The molecular formula is C16H25N3O4S2. The van der Waals surface area contributed by atoms with E-state index >= 15 is 0 Å². The van der Waals surface area contributed by atoms with Crippen LogP contribution in [-0.4, -0.2) is 57.7 Å². The molecule has 0 aromatic heterocycles. The van der Waals surface area contributed by atoms with Gasteiger partial charge in [-0.25, -0.2) is 16.8 Å². The normalized spacial score (nSPS) is 22.1. The van der Waals surface area contributed by atoms with E-state index in [1.165, 1.54) is 32.9 Å². The monoisotopic (exact) mass is 387 g/mol. The van der Waals surface area contributed by atoms with E-state index in [9.17, 15) is 16.8 Å². The zero-order valence-corrected chi connectivity index (χ0v) is 15.8. The van der Waals surface area contributed by atoms with Crippen molar-refractivity contribution in [2.45, 2.75) is 47.9 Å². The molecule has 0 aliphatic carbocycles. The second-order valence-electron chi connectivity index (χ2n) is 6.68. The maximum absolute atomic E-state index is 12.8. The minimum Gasteiger partial charge on any atom is -0.328 e. The third-order valence-electron chi connectivity index (χ3n) is 4.89. The van der Waals surface area contributed by atoms with Gasteiger partial charge in [0, 0.05) is 32.2 Å². The van der Waals surface area contributed by atoms with Crippen LogP contribution in [0.2, 0.25) is 0 Å². The number of piperidine rings is 2. The molecular weight excluding hydrogens is 362 g/mol. The molecule has 9 heteroatoms. The zero-order chi connectivity index (χ0) is 18.1. The molecule has 2 N–H and O–H groups in total. The molecule has 0 unspecified atom stereocenters. The van der Waals surface area contributed by atoms with Crippen LogP contribution in [-0.2, 0) is 20.0 Å². The lowest BCUT2D eigenvalue weighted by Gasteiger charge is -2.29. The third kappa shape index (κ3) is 3.90. The molecule has 0 spiro atoms. The van der Waals surface area contributed by atoms with Gasteiger partial charge in [-0.2, -0.15) is 8.61 Å². The minimum atomic E-state index is -3.70. The summed E-state index contributed by atoms with van der Waals surface area (Å²) >= 11 is 0. The molecule has 2 aliphatic heterocycles. The maximum Gasteiger partial charge on any atom is 0.243 e. The number of hydrogen-bond acceptors (Lipinski definition) is 5. The summed E-state index contributed by atoms with van der Waals surface area (Å²) in [5.74, 6) is 0. The standard InChI is InChI=1S/C16H25N3O4S2/c17-14-7-11-19(12-8-14)25(22,23)16-6-4-5-15(13-16)24(20,21)18-9-2-1-3-10-18/h4-6,13-14H,1-3,7-12,17H2. The molecule has 0 atom stereocenters. The molecule has 2 aliphatic rings. The summed E-state index contributed by atoms with van der Waals surface area (Å²) in [7, 11) is -7.36. The average Bonchev–Trinajstić information content (AvgIpc) is 2.63. The number of sulfonamides is 2. The van der Waals surface area contributed by atoms with Crippen molar-refractivity contribution in [2.24, 2.45) is 5.73 Å². The number of rotatable bonds is 4. The third-order valence-corrected chi connectivity index (χ3v) is 8.68. The van der Waals surface area contributed by atoms with Crippen LogP contribution < -0.4 is 5.73 Å². The van der Waals surface area contributed by atoms with Crippen molar-refractivity contribution in [3.05, 3.63) is 24.3 Å². The van der Waals surface area contributed by atoms with E-state index in [1.807, 2.05) is 0 Å². The summed E-state index contributed by atoms with van der Waals surface area (Å²) < 4.78 is 54.1. The van der Waals surface area contributed by atoms with Crippen molar-refractivity contribution in [3.8, 4) is 0 Å². The molecule has 25 heavy (non-hydrogen) atoms. The van der Waals surface area contributed by atoms with Gasteiger partial charge in [-0.3, -0.25) is 0 Å². The first-order valence-corrected chi connectivity index (χ1v) is 11.6. The lowest BCUT2D eigenvalue weighted by atomic mass is 10.1. The first-order chi connectivity index (χ1) is 11.8. The fourth-order valence-electron chi connectivity index (χ4n) is 3.31. The van der Waals surface area contributed by atoms with Gasteiger partial charge in [-0.1, -0.05) is 12.5 Å². The lowest BCUT2D eigenvalue weighted by molar-refractivity contribution is 0.320. The number of hydrogen-bond donors (Lipinski definition) is 1. The number of nitrogens with zero attached hydrogens (tertiary/aromatic N) is 2. The molecule has 0 radical (unpaired) electrons. The Kier molecular flexibility index (Phi) is 5.50. The van der Waals surface area contributed by atoms with Gasteiger partial charge in [-0.15, -0.1) is 0 Å². The average molecular weight is 388 g/mol. The highest BCUT2D eigenvalue weighted by molar-refractivity contribution is 7.90. The van der Waals surface area contributed by atoms with E-state index in [2.05, 4.69) is 0 Å². The quantitative estimate of drug-likeness (QED) is 0.830. The van der Waals surface area contributed by atoms with Gasteiger partial charge in [0.15, 0.2) is 0 Å². The van der Waals surface area contributed by atoms with Crippen LogP contribution in [0.25, 0.3) is 0 Å². The predicted octanol–water partition coefficient (Wildman–Crippen LogP) is 0.973. The highest BCUT2D eigenvalue weighted by atomic mass is 32.2. The number of nitrogens with two attached hydrogens (primary N) is 1. The Morgan fingerprint density at radius 2 is 1.28 bits per heavy atom. The van der Waals surface area contributed by atoms with Crippen molar-refractivity contribution in [3.63, 3.8) is 0 Å². The Morgan fingerprint density at radius 1 is 0.800 bits per heavy atom. The van der Waals surface area contributed by atoms with Gasteiger partial charge < -0.3 is 5.73 Å². The predicted molar refractivity (Wildman–Crippen MR) is 95.0 cm³/mol. The van der Waals surface area contributed by atoms with Gasteiger partial charge >= 0.3 is 0 Å². The Morgan fingerprint density at radius 3 is 1.80 bits per heavy atom. The molecule has 1 aromatic rings. The fraction of sp³-hybridized carbons (Fsp3) is 0.625. The van der Waals surface area contributed by atoms with Gasteiger partial charge in [0.25, 0.3) is 0 Å². The molecule has 0 bridgehead atoms. The largest absolute Gasteiger partial charge is 0.328 e. The summed E-state index contributed by atoms with van der Waals surface area (Å²) in [6, 6.07) is 5.73. The van der Waals surface area contributed by atoms with Crippen LogP contribution >= 0.6 is 0 Å². The highest BCUT2D eigenvalue weighted by Gasteiger charge is 2.31. The second kappa shape index (κ2) is 7.32. The van der Waals surface area contributed by atoms with Crippen LogP contribution in [0.3, 0.4) is 0 Å². The van der Waals surface area contributed by atoms with Crippen molar-refractivity contribution >= 4 is 20.0 Å². The summed E-state index contributed by atoms with van der Waals surface area (Å²) in [5, 5.41) is 0. The Hall–Kier alpha value is -1.00. The summed E-state index contributed by atoms with van der Waals surface area (Å²) in [5.41, 5.74) is 5.84. The van der Waals surface area contributed by atoms with Crippen molar-refractivity contribution in [1.82, 2.24) is 8.61 Å². The minimum absolute atomic E-state index is 0.0252. The Labute approximate surface area is 149 Å². The fourth-order valence-corrected chi connectivity index (χ4v) is 6.47. The van der Waals surface area contributed by atoms with E-state index in [1.54, 1.807) is 0 Å². The maximum atomic E-state index is 12.8. The Balaban J connectivity index is 1.88. The summed E-state index contributed by atoms with van der Waals surface area (Å²) in [6.45, 7) is 1.71. The van der Waals surface area contributed by atoms with E-state index in [-0.39, 0.29) is 15.8 Å². The zero-order valence-electron chi connectivity index (χ0n) is 14.2. The van der Waals surface area contributed by atoms with Crippen LogP contribution in [0, 0.1) is 0 Å². The van der Waals surface area contributed by atoms with Crippen molar-refractivity contribution < 1.29 is 16.8 Å². The summed E-state index contributed by atoms with van der Waals surface area (Å²) in [6.07, 6.45) is 3.93. The number of benzene rings is 1. The smallest absolute Gasteiger partial charge is 0.243 e. The van der Waals surface area contributed by atoms with Crippen LogP contribution in [0.4, 0.5) is 0 Å². The molecule has 2 heterocycles. The van der Waals surface area contributed by atoms with E-state index in [0.717, 1.165) is 19.3 Å². The summed E-state index contributed by atoms with van der Waals surface area (Å²) in [4.78, 5) is 0.0743. The van der Waals surface area contributed by atoms with E-state index < -0.39 is 20.0 Å². The van der Waals surface area contributed by atoms with Crippen molar-refractivity contribution in [2.75, 3.05) is 26.2 Å². The van der Waals surface area contributed by atoms with Gasteiger partial charge in [0.05, 0.1) is 9.79 Å². The molecule has 140 valence electrons. The van der Waals surface area contributed by atoms with Crippen LogP contribution in [0.5, 0.6) is 0 Å². The molecule has 7 nitrogen and oxygen atoms in total. The molecule has 2 saturated heterocycles. The molecule has 2 fully saturated rings. The van der Waals surface area contributed by atoms with Crippen LogP contribution in [0.1, 0.15) is 32.1 Å². The molecule has 3 rings (SSSR count). The van der Waals surface area contributed by atoms with Crippen LogP contribution in [0.15, 0.2) is 34.1 Å². The van der Waals surface area contributed by atoms with Gasteiger partial charge in [-0.05, 0) is 43.9 Å². The van der Waals surface area contributed by atoms with E-state index in [4.69, 9.17) is 5.73 Å². The van der Waals surface area contributed by atoms with Gasteiger partial charge in [0.2, 0.25) is 20.0 Å². The van der Waals surface area contributed by atoms with Gasteiger partial charge in [0.1, 0.15) is 0 Å². The Bertz CT molecular complexity index is 810. The molecule has 1 aromatic carbocycles. The highest BCUT2D eigenvalue weighted by Crippen LogP contribution is 2.25. The first-order valence-electron chi connectivity index (χ1n) is 8.68. The molecule has 0 amide bonds. The van der Waals surface area contributed by atoms with E-state index in [0.29, 0.717) is 39.0 Å². The lowest BCUT2D eigenvalue weighted by Crippen LogP contribution is -2.42. The first kappa shape index (κ1) is 18.8. The topological polar surface area (TPSA) is 101 Å². The SMILES string of the molecule is NC1CCN(S(=O)(=O)c2cccc(S(=O)(=O)N3CCCCC3)c2)CC1.